The van der Waals surface area contributed by atoms with Gasteiger partial charge in [-0.05, 0) is 52.9 Å². The molecule has 0 radical (unpaired) electrons. The number of hydrogen-bond acceptors (Lipinski definition) is 3. The molecule has 4 nitrogen and oxygen atoms in total. The van der Waals surface area contributed by atoms with Gasteiger partial charge in [-0.25, -0.2) is 0 Å². The maximum Gasteiger partial charge on any atom is 0.170 e. The zero-order chi connectivity index (χ0) is 14.7. The van der Waals surface area contributed by atoms with E-state index in [1.54, 1.807) is 0 Å². The molecule has 0 saturated heterocycles. The topological polar surface area (TPSA) is 61.8 Å². The summed E-state index contributed by atoms with van der Waals surface area (Å²) in [7, 11) is 2.14. The summed E-state index contributed by atoms with van der Waals surface area (Å²) < 4.78 is 0.974. The number of anilines is 1. The fourth-order valence-corrected chi connectivity index (χ4v) is 3.62. The van der Waals surface area contributed by atoms with Crippen LogP contribution in [0.25, 0.3) is 0 Å². The van der Waals surface area contributed by atoms with E-state index in [1.807, 2.05) is 18.2 Å². The lowest BCUT2D eigenvalue weighted by molar-refractivity contribution is 0.318. The summed E-state index contributed by atoms with van der Waals surface area (Å²) in [5.41, 5.74) is 7.48. The molecule has 1 aromatic rings. The minimum absolute atomic E-state index is 0.131. The van der Waals surface area contributed by atoms with Crippen molar-refractivity contribution in [2.45, 2.75) is 38.6 Å². The highest BCUT2D eigenvalue weighted by molar-refractivity contribution is 9.10. The molecule has 0 bridgehead atoms. The first-order valence-electron chi connectivity index (χ1n) is 7.03. The van der Waals surface area contributed by atoms with Crippen LogP contribution in [0.2, 0.25) is 0 Å². The molecule has 0 amide bonds. The summed E-state index contributed by atoms with van der Waals surface area (Å²) in [6, 6.07) is 6.40. The monoisotopic (exact) mass is 339 g/mol. The summed E-state index contributed by atoms with van der Waals surface area (Å²) in [5.74, 6) is 0.928. The lowest BCUT2D eigenvalue weighted by atomic mass is 9.86. The zero-order valence-corrected chi connectivity index (χ0v) is 13.6. The number of amidine groups is 1. The molecule has 0 aromatic heterocycles. The van der Waals surface area contributed by atoms with E-state index in [9.17, 15) is 0 Å². The van der Waals surface area contributed by atoms with Gasteiger partial charge in [-0.15, -0.1) is 0 Å². The van der Waals surface area contributed by atoms with Crippen molar-refractivity contribution in [3.05, 3.63) is 28.2 Å². The maximum atomic E-state index is 8.73. The number of nitrogens with two attached hydrogens (primary N) is 1. The van der Waals surface area contributed by atoms with Gasteiger partial charge in [-0.3, -0.25) is 0 Å². The summed E-state index contributed by atoms with van der Waals surface area (Å²) in [4.78, 5) is 2.34. The van der Waals surface area contributed by atoms with Crippen molar-refractivity contribution in [2.24, 2.45) is 16.8 Å². The molecular formula is C15H22BrN3O. The zero-order valence-electron chi connectivity index (χ0n) is 12.0. The van der Waals surface area contributed by atoms with Crippen LogP contribution < -0.4 is 10.6 Å². The largest absolute Gasteiger partial charge is 0.409 e. The van der Waals surface area contributed by atoms with Gasteiger partial charge in [0.15, 0.2) is 5.84 Å². The van der Waals surface area contributed by atoms with Crippen molar-refractivity contribution in [2.75, 3.05) is 11.9 Å². The molecule has 1 fully saturated rings. The van der Waals surface area contributed by atoms with Crippen molar-refractivity contribution >= 4 is 27.5 Å². The van der Waals surface area contributed by atoms with Gasteiger partial charge in [0, 0.05) is 23.1 Å². The number of rotatable bonds is 3. The van der Waals surface area contributed by atoms with Crippen LogP contribution in [0.5, 0.6) is 0 Å². The lowest BCUT2D eigenvalue weighted by Gasteiger charge is -2.36. The molecule has 2 rings (SSSR count). The lowest BCUT2D eigenvalue weighted by Crippen LogP contribution is -2.35. The molecule has 1 aliphatic rings. The smallest absolute Gasteiger partial charge is 0.170 e. The Hall–Kier alpha value is -1.23. The molecule has 0 spiro atoms. The Bertz CT molecular complexity index is 504. The Balaban J connectivity index is 2.20. The van der Waals surface area contributed by atoms with E-state index in [4.69, 9.17) is 10.9 Å². The number of benzene rings is 1. The average molecular weight is 340 g/mol. The van der Waals surface area contributed by atoms with E-state index in [0.29, 0.717) is 11.6 Å². The number of nitrogens with zero attached hydrogens (tertiary/aromatic N) is 2. The first-order valence-corrected chi connectivity index (χ1v) is 7.82. The summed E-state index contributed by atoms with van der Waals surface area (Å²) in [6.07, 6.45) is 5.13. The Labute approximate surface area is 128 Å². The Morgan fingerprint density at radius 1 is 1.45 bits per heavy atom. The van der Waals surface area contributed by atoms with Gasteiger partial charge in [0.25, 0.3) is 0 Å². The molecule has 1 saturated carbocycles. The van der Waals surface area contributed by atoms with Gasteiger partial charge in [0.05, 0.1) is 5.69 Å². The number of hydrogen-bond donors (Lipinski definition) is 2. The van der Waals surface area contributed by atoms with Gasteiger partial charge in [0.1, 0.15) is 0 Å². The van der Waals surface area contributed by atoms with Crippen LogP contribution in [-0.4, -0.2) is 24.1 Å². The fourth-order valence-electron chi connectivity index (χ4n) is 2.96. The van der Waals surface area contributed by atoms with E-state index in [-0.39, 0.29) is 5.84 Å². The quantitative estimate of drug-likeness (QED) is 0.383. The second-order valence-electron chi connectivity index (χ2n) is 5.69. The van der Waals surface area contributed by atoms with Crippen LogP contribution >= 0.6 is 15.9 Å². The highest BCUT2D eigenvalue weighted by atomic mass is 79.9. The van der Waals surface area contributed by atoms with Crippen LogP contribution in [-0.2, 0) is 0 Å². The van der Waals surface area contributed by atoms with Gasteiger partial charge in [0.2, 0.25) is 0 Å². The Kier molecular flexibility index (Phi) is 4.91. The van der Waals surface area contributed by atoms with Crippen molar-refractivity contribution in [1.82, 2.24) is 0 Å². The molecule has 0 aliphatic heterocycles. The summed E-state index contributed by atoms with van der Waals surface area (Å²) >= 11 is 3.59. The molecule has 1 aromatic carbocycles. The fraction of sp³-hybridized carbons (Fsp3) is 0.533. The first kappa shape index (κ1) is 15.2. The third-order valence-corrected chi connectivity index (χ3v) is 4.82. The predicted molar refractivity (Wildman–Crippen MR) is 86.5 cm³/mol. The van der Waals surface area contributed by atoms with Crippen LogP contribution in [0.15, 0.2) is 27.8 Å². The Morgan fingerprint density at radius 2 is 2.20 bits per heavy atom. The van der Waals surface area contributed by atoms with E-state index in [1.165, 1.54) is 25.7 Å². The standard InChI is InChI=1S/C15H22BrN3O/c1-10-4-3-5-12(8-10)19(2)14-7-6-11(9-13(14)16)15(17)18-20/h6-7,9-10,12,20H,3-5,8H2,1-2H3,(H2,17,18). The number of oxime groups is 1. The van der Waals surface area contributed by atoms with E-state index in [0.717, 1.165) is 16.1 Å². The molecular weight excluding hydrogens is 318 g/mol. The van der Waals surface area contributed by atoms with Crippen molar-refractivity contribution < 1.29 is 5.21 Å². The van der Waals surface area contributed by atoms with Crippen LogP contribution in [0.1, 0.15) is 38.2 Å². The number of halogens is 1. The third kappa shape index (κ3) is 3.26. The normalized spacial score (nSPS) is 23.6. The maximum absolute atomic E-state index is 8.73. The second kappa shape index (κ2) is 6.48. The summed E-state index contributed by atoms with van der Waals surface area (Å²) in [5, 5.41) is 11.8. The molecule has 0 heterocycles. The van der Waals surface area contributed by atoms with Gasteiger partial charge >= 0.3 is 0 Å². The van der Waals surface area contributed by atoms with Crippen LogP contribution in [0.4, 0.5) is 5.69 Å². The van der Waals surface area contributed by atoms with E-state index < -0.39 is 0 Å². The van der Waals surface area contributed by atoms with Crippen LogP contribution in [0.3, 0.4) is 0 Å². The predicted octanol–water partition coefficient (Wildman–Crippen LogP) is 3.56. The molecule has 20 heavy (non-hydrogen) atoms. The molecule has 2 atom stereocenters. The minimum atomic E-state index is 0.131. The van der Waals surface area contributed by atoms with Crippen molar-refractivity contribution in [1.29, 1.82) is 0 Å². The van der Waals surface area contributed by atoms with E-state index in [2.05, 4.69) is 40.0 Å². The van der Waals surface area contributed by atoms with Gasteiger partial charge < -0.3 is 15.8 Å². The van der Waals surface area contributed by atoms with Crippen LogP contribution in [0, 0.1) is 5.92 Å². The minimum Gasteiger partial charge on any atom is -0.409 e. The van der Waals surface area contributed by atoms with Crippen molar-refractivity contribution in [3.63, 3.8) is 0 Å². The molecule has 2 unspecified atom stereocenters. The summed E-state index contributed by atoms with van der Waals surface area (Å²) in [6.45, 7) is 2.33. The third-order valence-electron chi connectivity index (χ3n) is 4.19. The SMILES string of the molecule is CC1CCCC(N(C)c2ccc(/C(N)=N/O)cc2Br)C1. The van der Waals surface area contributed by atoms with Gasteiger partial charge in [-0.1, -0.05) is 24.9 Å². The van der Waals surface area contributed by atoms with E-state index >= 15 is 0 Å². The molecule has 5 heteroatoms. The Morgan fingerprint density at radius 3 is 2.80 bits per heavy atom. The van der Waals surface area contributed by atoms with Gasteiger partial charge in [-0.2, -0.15) is 0 Å². The first-order chi connectivity index (χ1) is 9.52. The molecule has 3 N–H and O–H groups in total. The molecule has 1 aliphatic carbocycles. The second-order valence-corrected chi connectivity index (χ2v) is 6.54. The average Bonchev–Trinajstić information content (AvgIpc) is 2.45. The highest BCUT2D eigenvalue weighted by Gasteiger charge is 2.23. The van der Waals surface area contributed by atoms with Crippen molar-refractivity contribution in [3.8, 4) is 0 Å². The highest BCUT2D eigenvalue weighted by Crippen LogP contribution is 2.33. The molecule has 110 valence electrons.